The fourth-order valence-corrected chi connectivity index (χ4v) is 1.80. The first-order valence-electron chi connectivity index (χ1n) is 3.84. The molecule has 0 radical (unpaired) electrons. The summed E-state index contributed by atoms with van der Waals surface area (Å²) >= 11 is 4.24. The minimum atomic E-state index is 0.208. The van der Waals surface area contributed by atoms with E-state index in [-0.39, 0.29) is 10.3 Å². The number of hydrogen-bond donors (Lipinski definition) is 2. The Labute approximate surface area is 79.5 Å². The highest BCUT2D eigenvalue weighted by molar-refractivity contribution is 8.69. The van der Waals surface area contributed by atoms with Gasteiger partial charge in [-0.2, -0.15) is 0 Å². The van der Waals surface area contributed by atoms with Crippen molar-refractivity contribution in [3.63, 3.8) is 0 Å². The average molecular weight is 193 g/mol. The molecule has 0 saturated carbocycles. The van der Waals surface area contributed by atoms with E-state index in [4.69, 9.17) is 0 Å². The Kier molecular flexibility index (Phi) is 4.30. The van der Waals surface area contributed by atoms with Gasteiger partial charge in [-0.05, 0) is 41.2 Å². The van der Waals surface area contributed by atoms with Crippen LogP contribution < -0.4 is 5.32 Å². The molecular weight excluding hydrogens is 174 g/mol. The van der Waals surface area contributed by atoms with E-state index < -0.39 is 0 Å². The molecule has 0 bridgehead atoms. The molecule has 0 atom stereocenters. The van der Waals surface area contributed by atoms with Crippen LogP contribution in [0, 0.1) is 0 Å². The molecule has 0 aliphatic carbocycles. The van der Waals surface area contributed by atoms with Crippen LogP contribution in [0.3, 0.4) is 0 Å². The van der Waals surface area contributed by atoms with Crippen molar-refractivity contribution in [2.45, 2.75) is 44.4 Å². The van der Waals surface area contributed by atoms with Gasteiger partial charge in [-0.25, -0.2) is 0 Å². The lowest BCUT2D eigenvalue weighted by Crippen LogP contribution is -2.41. The smallest absolute Gasteiger partial charge is 0.0222 e. The van der Waals surface area contributed by atoms with Crippen LogP contribution in [0.1, 0.15) is 34.1 Å². The molecule has 0 unspecified atom stereocenters. The minimum absolute atomic E-state index is 0.208. The summed E-state index contributed by atoms with van der Waals surface area (Å²) in [6.45, 7) is 8.84. The minimum Gasteiger partial charge on any atom is -0.315 e. The summed E-state index contributed by atoms with van der Waals surface area (Å²) < 4.78 is 0.246. The summed E-state index contributed by atoms with van der Waals surface area (Å²) in [6.07, 6.45) is 1.12. The van der Waals surface area contributed by atoms with Crippen LogP contribution in [-0.2, 0) is 0 Å². The van der Waals surface area contributed by atoms with Gasteiger partial charge >= 0.3 is 0 Å². The molecule has 0 aromatic heterocycles. The van der Waals surface area contributed by atoms with Gasteiger partial charge in [-0.15, -0.1) is 11.7 Å². The quantitative estimate of drug-likeness (QED) is 0.526. The summed E-state index contributed by atoms with van der Waals surface area (Å²) in [4.78, 5) is 0. The van der Waals surface area contributed by atoms with Crippen LogP contribution in [0.15, 0.2) is 0 Å². The maximum Gasteiger partial charge on any atom is 0.0222 e. The monoisotopic (exact) mass is 193 g/mol. The van der Waals surface area contributed by atoms with Crippen LogP contribution in [0.2, 0.25) is 0 Å². The van der Waals surface area contributed by atoms with Gasteiger partial charge in [0, 0.05) is 10.3 Å². The van der Waals surface area contributed by atoms with Gasteiger partial charge in [0.15, 0.2) is 0 Å². The molecule has 0 aromatic carbocycles. The zero-order valence-corrected chi connectivity index (χ0v) is 9.77. The predicted molar refractivity (Wildman–Crippen MR) is 58.4 cm³/mol. The molecule has 68 valence electrons. The van der Waals surface area contributed by atoms with E-state index in [9.17, 15) is 0 Å². The first-order valence-corrected chi connectivity index (χ1v) is 5.71. The number of hydrogen-bond acceptors (Lipinski definition) is 3. The van der Waals surface area contributed by atoms with Crippen molar-refractivity contribution in [3.8, 4) is 0 Å². The highest BCUT2D eigenvalue weighted by atomic mass is 33.1. The SMILES string of the molecule is CNC(C)(C)CC(C)(C)SS. The largest absolute Gasteiger partial charge is 0.315 e. The molecule has 0 aliphatic heterocycles. The standard InChI is InChI=1S/C8H19NS2/c1-7(2,9-5)6-8(3,4)11-10/h9-10H,6H2,1-5H3. The molecule has 0 aliphatic rings. The lowest BCUT2D eigenvalue weighted by Gasteiger charge is -2.32. The molecule has 3 heteroatoms. The Balaban J connectivity index is 4.02. The number of thiol groups is 1. The third kappa shape index (κ3) is 4.99. The lowest BCUT2D eigenvalue weighted by molar-refractivity contribution is 0.359. The Morgan fingerprint density at radius 1 is 1.27 bits per heavy atom. The first-order chi connectivity index (χ1) is 4.83. The molecule has 0 spiro atoms. The molecule has 1 nitrogen and oxygen atoms in total. The van der Waals surface area contributed by atoms with Gasteiger partial charge in [0.2, 0.25) is 0 Å². The van der Waals surface area contributed by atoms with E-state index in [1.807, 2.05) is 7.05 Å². The zero-order chi connectivity index (χ0) is 9.12. The fourth-order valence-electron chi connectivity index (χ4n) is 1.18. The summed E-state index contributed by atoms with van der Waals surface area (Å²) in [5.74, 6) is 0. The van der Waals surface area contributed by atoms with Crippen molar-refractivity contribution in [1.82, 2.24) is 5.32 Å². The molecule has 0 aromatic rings. The topological polar surface area (TPSA) is 12.0 Å². The van der Waals surface area contributed by atoms with Gasteiger partial charge < -0.3 is 5.32 Å². The van der Waals surface area contributed by atoms with E-state index in [1.165, 1.54) is 0 Å². The van der Waals surface area contributed by atoms with Crippen LogP contribution in [0.5, 0.6) is 0 Å². The second kappa shape index (κ2) is 4.06. The molecule has 11 heavy (non-hydrogen) atoms. The summed E-state index contributed by atoms with van der Waals surface area (Å²) in [5, 5.41) is 3.28. The van der Waals surface area contributed by atoms with Crippen LogP contribution in [0.25, 0.3) is 0 Å². The Morgan fingerprint density at radius 2 is 1.73 bits per heavy atom. The molecule has 1 N–H and O–H groups in total. The summed E-state index contributed by atoms with van der Waals surface area (Å²) in [5.41, 5.74) is 0.208. The van der Waals surface area contributed by atoms with Gasteiger partial charge in [0.1, 0.15) is 0 Å². The molecule has 0 heterocycles. The molecule has 0 fully saturated rings. The first kappa shape index (κ1) is 11.7. The third-order valence-corrected chi connectivity index (χ3v) is 3.91. The van der Waals surface area contributed by atoms with Gasteiger partial charge in [0.25, 0.3) is 0 Å². The zero-order valence-electron chi connectivity index (χ0n) is 8.06. The Morgan fingerprint density at radius 3 is 2.00 bits per heavy atom. The van der Waals surface area contributed by atoms with E-state index in [0.717, 1.165) is 6.42 Å². The predicted octanol–water partition coefficient (Wildman–Crippen LogP) is 2.73. The number of nitrogens with one attached hydrogen (secondary N) is 1. The average Bonchev–Trinajstić information content (AvgIpc) is 1.86. The lowest BCUT2D eigenvalue weighted by atomic mass is 9.92. The van der Waals surface area contributed by atoms with Crippen LogP contribution >= 0.6 is 22.5 Å². The van der Waals surface area contributed by atoms with Crippen LogP contribution in [0.4, 0.5) is 0 Å². The molecule has 0 saturated heterocycles. The molecule has 0 rings (SSSR count). The Bertz CT molecular complexity index is 107. The third-order valence-electron chi connectivity index (χ3n) is 1.79. The van der Waals surface area contributed by atoms with E-state index in [0.29, 0.717) is 0 Å². The maximum absolute atomic E-state index is 4.24. The van der Waals surface area contributed by atoms with E-state index >= 15 is 0 Å². The van der Waals surface area contributed by atoms with Crippen LogP contribution in [-0.4, -0.2) is 17.3 Å². The second-order valence-corrected chi connectivity index (χ2v) is 6.00. The molecular formula is C8H19NS2. The van der Waals surface area contributed by atoms with E-state index in [1.54, 1.807) is 10.8 Å². The normalized spacial score (nSPS) is 13.6. The van der Waals surface area contributed by atoms with Crippen molar-refractivity contribution < 1.29 is 0 Å². The second-order valence-electron chi connectivity index (χ2n) is 4.16. The van der Waals surface area contributed by atoms with Gasteiger partial charge in [-0.3, -0.25) is 0 Å². The van der Waals surface area contributed by atoms with Crippen molar-refractivity contribution in [3.05, 3.63) is 0 Å². The maximum atomic E-state index is 4.24. The molecule has 0 amide bonds. The highest BCUT2D eigenvalue weighted by Gasteiger charge is 2.26. The summed E-state index contributed by atoms with van der Waals surface area (Å²) in [7, 11) is 3.62. The van der Waals surface area contributed by atoms with Gasteiger partial charge in [0.05, 0.1) is 0 Å². The van der Waals surface area contributed by atoms with Crippen molar-refractivity contribution >= 4 is 22.5 Å². The van der Waals surface area contributed by atoms with Crippen molar-refractivity contribution in [1.29, 1.82) is 0 Å². The van der Waals surface area contributed by atoms with Gasteiger partial charge in [-0.1, -0.05) is 10.8 Å². The van der Waals surface area contributed by atoms with Crippen molar-refractivity contribution in [2.24, 2.45) is 0 Å². The highest BCUT2D eigenvalue weighted by Crippen LogP contribution is 2.34. The van der Waals surface area contributed by atoms with Crippen molar-refractivity contribution in [2.75, 3.05) is 7.05 Å². The fraction of sp³-hybridized carbons (Fsp3) is 1.00. The summed E-state index contributed by atoms with van der Waals surface area (Å²) in [6, 6.07) is 0. The van der Waals surface area contributed by atoms with E-state index in [2.05, 4.69) is 44.7 Å². The number of rotatable bonds is 4. The Hall–Kier alpha value is 0.660.